The first-order valence-electron chi connectivity index (χ1n) is 5.55. The van der Waals surface area contributed by atoms with Crippen molar-refractivity contribution in [3.63, 3.8) is 0 Å². The summed E-state index contributed by atoms with van der Waals surface area (Å²) in [5, 5.41) is 0. The molecule has 0 amide bonds. The summed E-state index contributed by atoms with van der Waals surface area (Å²) in [4.78, 5) is 18.8. The van der Waals surface area contributed by atoms with Gasteiger partial charge in [-0.3, -0.25) is 4.79 Å². The number of hydrogen-bond donors (Lipinski definition) is 1. The number of nitrogens with zero attached hydrogens (tertiary/aromatic N) is 2. The van der Waals surface area contributed by atoms with Crippen molar-refractivity contribution in [3.05, 3.63) is 36.0 Å². The summed E-state index contributed by atoms with van der Waals surface area (Å²) < 4.78 is 5.40. The largest absolute Gasteiger partial charge is 0.494 e. The zero-order valence-corrected chi connectivity index (χ0v) is 9.96. The van der Waals surface area contributed by atoms with Crippen molar-refractivity contribution >= 4 is 12.1 Å². The summed E-state index contributed by atoms with van der Waals surface area (Å²) in [6.07, 6.45) is 2.05. The molecule has 0 aliphatic rings. The van der Waals surface area contributed by atoms with E-state index in [1.807, 2.05) is 31.2 Å². The third kappa shape index (κ3) is 2.45. The van der Waals surface area contributed by atoms with Gasteiger partial charge >= 0.3 is 0 Å². The van der Waals surface area contributed by atoms with E-state index in [9.17, 15) is 4.79 Å². The standard InChI is InChI=1S/C13H13N3O2/c1-2-18-11-5-3-4-9(6-11)13-15-7-10(8-17)12(14)16-13/h3-8H,2H2,1H3,(H2,14,15,16). The van der Waals surface area contributed by atoms with E-state index in [0.29, 0.717) is 24.3 Å². The average molecular weight is 243 g/mol. The summed E-state index contributed by atoms with van der Waals surface area (Å²) >= 11 is 0. The van der Waals surface area contributed by atoms with E-state index >= 15 is 0 Å². The summed E-state index contributed by atoms with van der Waals surface area (Å²) in [6, 6.07) is 7.40. The molecule has 0 aliphatic carbocycles. The Hall–Kier alpha value is -2.43. The fraction of sp³-hybridized carbons (Fsp3) is 0.154. The molecule has 2 rings (SSSR count). The number of benzene rings is 1. The molecule has 0 unspecified atom stereocenters. The van der Waals surface area contributed by atoms with Gasteiger partial charge in [0, 0.05) is 11.8 Å². The molecule has 0 atom stereocenters. The van der Waals surface area contributed by atoms with Crippen LogP contribution in [0.15, 0.2) is 30.5 Å². The number of nitrogens with two attached hydrogens (primary N) is 1. The predicted molar refractivity (Wildman–Crippen MR) is 68.4 cm³/mol. The van der Waals surface area contributed by atoms with Gasteiger partial charge in [-0.05, 0) is 19.1 Å². The van der Waals surface area contributed by atoms with Crippen LogP contribution in [0.5, 0.6) is 5.75 Å². The molecule has 2 aromatic rings. The Labute approximate surface area is 105 Å². The van der Waals surface area contributed by atoms with E-state index < -0.39 is 0 Å². The number of hydrogen-bond acceptors (Lipinski definition) is 5. The molecule has 0 bridgehead atoms. The van der Waals surface area contributed by atoms with Gasteiger partial charge in [0.2, 0.25) is 0 Å². The molecule has 0 fully saturated rings. The molecule has 0 saturated heterocycles. The molecule has 2 N–H and O–H groups in total. The smallest absolute Gasteiger partial charge is 0.161 e. The van der Waals surface area contributed by atoms with Crippen LogP contribution in [0.4, 0.5) is 5.82 Å². The lowest BCUT2D eigenvalue weighted by Crippen LogP contribution is -2.00. The van der Waals surface area contributed by atoms with E-state index in [-0.39, 0.29) is 5.82 Å². The fourth-order valence-corrected chi connectivity index (χ4v) is 1.53. The topological polar surface area (TPSA) is 78.1 Å². The van der Waals surface area contributed by atoms with Gasteiger partial charge < -0.3 is 10.5 Å². The molecule has 1 heterocycles. The maximum Gasteiger partial charge on any atom is 0.161 e. The Bertz CT molecular complexity index is 570. The van der Waals surface area contributed by atoms with Crippen molar-refractivity contribution in [2.75, 3.05) is 12.3 Å². The second-order valence-electron chi connectivity index (χ2n) is 3.61. The van der Waals surface area contributed by atoms with Crippen LogP contribution in [-0.4, -0.2) is 22.9 Å². The number of ether oxygens (including phenoxy) is 1. The SMILES string of the molecule is CCOc1cccc(-c2ncc(C=O)c(N)n2)c1. The second kappa shape index (κ2) is 5.27. The van der Waals surface area contributed by atoms with Crippen LogP contribution in [0.25, 0.3) is 11.4 Å². The van der Waals surface area contributed by atoms with Crippen LogP contribution in [-0.2, 0) is 0 Å². The van der Waals surface area contributed by atoms with Crippen LogP contribution < -0.4 is 10.5 Å². The van der Waals surface area contributed by atoms with E-state index in [0.717, 1.165) is 11.3 Å². The van der Waals surface area contributed by atoms with Crippen LogP contribution in [0.2, 0.25) is 0 Å². The third-order valence-electron chi connectivity index (χ3n) is 2.38. The van der Waals surface area contributed by atoms with Crippen molar-refractivity contribution in [1.29, 1.82) is 0 Å². The highest BCUT2D eigenvalue weighted by atomic mass is 16.5. The molecule has 5 heteroatoms. The van der Waals surface area contributed by atoms with Gasteiger partial charge in [0.05, 0.1) is 12.2 Å². The third-order valence-corrected chi connectivity index (χ3v) is 2.38. The molecular weight excluding hydrogens is 230 g/mol. The van der Waals surface area contributed by atoms with E-state index in [1.54, 1.807) is 0 Å². The van der Waals surface area contributed by atoms with Crippen molar-refractivity contribution in [3.8, 4) is 17.1 Å². The van der Waals surface area contributed by atoms with Gasteiger partial charge in [-0.25, -0.2) is 9.97 Å². The van der Waals surface area contributed by atoms with Gasteiger partial charge in [-0.2, -0.15) is 0 Å². The first kappa shape index (κ1) is 12.0. The monoisotopic (exact) mass is 243 g/mol. The van der Waals surface area contributed by atoms with Gasteiger partial charge in [0.15, 0.2) is 12.1 Å². The Balaban J connectivity index is 2.39. The van der Waals surface area contributed by atoms with Gasteiger partial charge in [-0.1, -0.05) is 12.1 Å². The maximum absolute atomic E-state index is 10.6. The van der Waals surface area contributed by atoms with Crippen LogP contribution >= 0.6 is 0 Å². The zero-order chi connectivity index (χ0) is 13.0. The minimum atomic E-state index is 0.178. The summed E-state index contributed by atoms with van der Waals surface area (Å²) in [5.41, 5.74) is 6.74. The molecule has 5 nitrogen and oxygen atoms in total. The Morgan fingerprint density at radius 1 is 1.44 bits per heavy atom. The first-order chi connectivity index (χ1) is 8.74. The number of aromatic nitrogens is 2. The lowest BCUT2D eigenvalue weighted by atomic mass is 10.2. The normalized spacial score (nSPS) is 10.1. The number of rotatable bonds is 4. The lowest BCUT2D eigenvalue weighted by molar-refractivity contribution is 0.112. The summed E-state index contributed by atoms with van der Waals surface area (Å²) in [6.45, 7) is 2.51. The Morgan fingerprint density at radius 2 is 2.28 bits per heavy atom. The highest BCUT2D eigenvalue weighted by Gasteiger charge is 2.06. The number of carbonyl (C=O) groups excluding carboxylic acids is 1. The van der Waals surface area contributed by atoms with Crippen molar-refractivity contribution in [1.82, 2.24) is 9.97 Å². The fourth-order valence-electron chi connectivity index (χ4n) is 1.53. The van der Waals surface area contributed by atoms with Gasteiger partial charge in [-0.15, -0.1) is 0 Å². The highest BCUT2D eigenvalue weighted by molar-refractivity contribution is 5.81. The molecule has 0 aliphatic heterocycles. The molecule has 0 saturated carbocycles. The van der Waals surface area contributed by atoms with Crippen LogP contribution in [0.1, 0.15) is 17.3 Å². The highest BCUT2D eigenvalue weighted by Crippen LogP contribution is 2.21. The maximum atomic E-state index is 10.6. The molecule has 0 radical (unpaired) electrons. The van der Waals surface area contributed by atoms with E-state index in [1.165, 1.54) is 6.20 Å². The molecule has 92 valence electrons. The van der Waals surface area contributed by atoms with E-state index in [4.69, 9.17) is 10.5 Å². The summed E-state index contributed by atoms with van der Waals surface area (Å²) in [5.74, 6) is 1.40. The number of anilines is 1. The Morgan fingerprint density at radius 3 is 2.94 bits per heavy atom. The quantitative estimate of drug-likeness (QED) is 0.830. The lowest BCUT2D eigenvalue weighted by Gasteiger charge is -2.06. The Kier molecular flexibility index (Phi) is 3.52. The molecule has 1 aromatic heterocycles. The predicted octanol–water partition coefficient (Wildman–Crippen LogP) is 1.94. The minimum Gasteiger partial charge on any atom is -0.494 e. The first-order valence-corrected chi connectivity index (χ1v) is 5.55. The van der Waals surface area contributed by atoms with Gasteiger partial charge in [0.1, 0.15) is 11.6 Å². The van der Waals surface area contributed by atoms with E-state index in [2.05, 4.69) is 9.97 Å². The minimum absolute atomic E-state index is 0.178. The average Bonchev–Trinajstić information content (AvgIpc) is 2.39. The van der Waals surface area contributed by atoms with Crippen molar-refractivity contribution < 1.29 is 9.53 Å². The van der Waals surface area contributed by atoms with Crippen molar-refractivity contribution in [2.24, 2.45) is 0 Å². The number of carbonyl (C=O) groups is 1. The zero-order valence-electron chi connectivity index (χ0n) is 9.96. The number of nitrogen functional groups attached to an aromatic ring is 1. The molecule has 0 spiro atoms. The van der Waals surface area contributed by atoms with Crippen LogP contribution in [0, 0.1) is 0 Å². The molecule has 1 aromatic carbocycles. The summed E-state index contributed by atoms with van der Waals surface area (Å²) in [7, 11) is 0. The van der Waals surface area contributed by atoms with Crippen LogP contribution in [0.3, 0.4) is 0 Å². The molecule has 18 heavy (non-hydrogen) atoms. The van der Waals surface area contributed by atoms with Gasteiger partial charge in [0.25, 0.3) is 0 Å². The molecular formula is C13H13N3O2. The second-order valence-corrected chi connectivity index (χ2v) is 3.61. The van der Waals surface area contributed by atoms with Crippen molar-refractivity contribution in [2.45, 2.75) is 6.92 Å². The number of aldehydes is 1.